The van der Waals surface area contributed by atoms with Gasteiger partial charge in [0.2, 0.25) is 0 Å². The molecule has 2 aromatic carbocycles. The van der Waals surface area contributed by atoms with Crippen molar-refractivity contribution in [1.29, 1.82) is 0 Å². The summed E-state index contributed by atoms with van der Waals surface area (Å²) in [7, 11) is 0. The first-order valence-corrected chi connectivity index (χ1v) is 8.48. The molecule has 1 aliphatic carbocycles. The molecule has 0 bridgehead atoms. The summed E-state index contributed by atoms with van der Waals surface area (Å²) in [5.74, 6) is 1.79. The maximum Gasteiger partial charge on any atom is 0.199 e. The van der Waals surface area contributed by atoms with E-state index in [1.807, 2.05) is 41.0 Å². The average Bonchev–Trinajstić information content (AvgIpc) is 3.25. The Balaban J connectivity index is 1.68. The maximum absolute atomic E-state index is 5.97. The topological polar surface area (TPSA) is 33.6 Å². The van der Waals surface area contributed by atoms with E-state index in [1.165, 1.54) is 5.56 Å². The lowest BCUT2D eigenvalue weighted by atomic mass is 10.1. The van der Waals surface area contributed by atoms with Crippen molar-refractivity contribution in [3.63, 3.8) is 0 Å². The number of hydrogen-bond donors (Lipinski definition) is 1. The van der Waals surface area contributed by atoms with Gasteiger partial charge >= 0.3 is 0 Å². The van der Waals surface area contributed by atoms with E-state index >= 15 is 0 Å². The number of halogens is 2. The van der Waals surface area contributed by atoms with Crippen LogP contribution in [0.3, 0.4) is 0 Å². The van der Waals surface area contributed by atoms with E-state index in [0.717, 1.165) is 23.0 Å². The number of aromatic nitrogens is 3. The summed E-state index contributed by atoms with van der Waals surface area (Å²) in [5.41, 5.74) is 2.26. The van der Waals surface area contributed by atoms with Crippen LogP contribution in [0.4, 0.5) is 0 Å². The summed E-state index contributed by atoms with van der Waals surface area (Å²) in [6, 6.07) is 15.7. The van der Waals surface area contributed by atoms with E-state index in [9.17, 15) is 0 Å². The van der Waals surface area contributed by atoms with E-state index in [4.69, 9.17) is 35.4 Å². The predicted molar refractivity (Wildman–Crippen MR) is 95.3 cm³/mol. The molecular formula is C17H13Cl2N3S. The standard InChI is InChI=1S/C17H13Cl2N3S/c18-11-3-1-10(2-4-11)14-9-15(14)16-20-21-17(23)22(16)13-7-5-12(19)6-8-13/h1-8,14-15H,9H2,(H,21,23)/t14-,15-/m1/s1. The van der Waals surface area contributed by atoms with Gasteiger partial charge in [-0.05, 0) is 66.5 Å². The fourth-order valence-corrected chi connectivity index (χ4v) is 3.45. The van der Waals surface area contributed by atoms with Crippen LogP contribution in [-0.2, 0) is 0 Å². The Hall–Kier alpha value is -1.62. The van der Waals surface area contributed by atoms with Crippen molar-refractivity contribution in [2.24, 2.45) is 0 Å². The van der Waals surface area contributed by atoms with Crippen molar-refractivity contribution >= 4 is 35.4 Å². The van der Waals surface area contributed by atoms with Crippen LogP contribution in [0.25, 0.3) is 5.69 Å². The first-order valence-electron chi connectivity index (χ1n) is 7.32. The zero-order chi connectivity index (χ0) is 16.0. The number of rotatable bonds is 3. The zero-order valence-electron chi connectivity index (χ0n) is 12.0. The third-order valence-corrected chi connectivity index (χ3v) is 4.98. The second-order valence-electron chi connectivity index (χ2n) is 5.70. The summed E-state index contributed by atoms with van der Waals surface area (Å²) in [6.07, 6.45) is 1.06. The van der Waals surface area contributed by atoms with Crippen LogP contribution < -0.4 is 0 Å². The monoisotopic (exact) mass is 361 g/mol. The summed E-state index contributed by atoms with van der Waals surface area (Å²) in [6.45, 7) is 0. The molecule has 1 saturated carbocycles. The number of hydrogen-bond acceptors (Lipinski definition) is 2. The second kappa shape index (κ2) is 5.78. The average molecular weight is 362 g/mol. The molecule has 1 aliphatic rings. The molecule has 23 heavy (non-hydrogen) atoms. The molecule has 0 radical (unpaired) electrons. The highest BCUT2D eigenvalue weighted by atomic mass is 35.5. The fourth-order valence-electron chi connectivity index (χ4n) is 2.96. The van der Waals surface area contributed by atoms with E-state index in [-0.39, 0.29) is 0 Å². The Labute approximate surface area is 148 Å². The third kappa shape index (κ3) is 2.82. The van der Waals surface area contributed by atoms with Crippen LogP contribution in [0.2, 0.25) is 10.0 Å². The normalized spacial score (nSPS) is 19.7. The van der Waals surface area contributed by atoms with E-state index in [0.29, 0.717) is 21.6 Å². The van der Waals surface area contributed by atoms with Crippen LogP contribution in [0.15, 0.2) is 48.5 Å². The van der Waals surface area contributed by atoms with Gasteiger partial charge < -0.3 is 0 Å². The van der Waals surface area contributed by atoms with E-state index in [2.05, 4.69) is 22.3 Å². The maximum atomic E-state index is 5.97. The van der Waals surface area contributed by atoms with Crippen LogP contribution in [-0.4, -0.2) is 14.8 Å². The number of aromatic amines is 1. The van der Waals surface area contributed by atoms with Crippen LogP contribution in [0.5, 0.6) is 0 Å². The van der Waals surface area contributed by atoms with Gasteiger partial charge in [0.25, 0.3) is 0 Å². The summed E-state index contributed by atoms with van der Waals surface area (Å²) in [5, 5.41) is 8.83. The third-order valence-electron chi connectivity index (χ3n) is 4.20. The minimum Gasteiger partial charge on any atom is -0.272 e. The molecule has 0 aliphatic heterocycles. The minimum absolute atomic E-state index is 0.361. The lowest BCUT2D eigenvalue weighted by Gasteiger charge is -2.07. The van der Waals surface area contributed by atoms with Gasteiger partial charge in [0, 0.05) is 21.7 Å². The Bertz CT molecular complexity index is 897. The molecule has 1 fully saturated rings. The van der Waals surface area contributed by atoms with Crippen molar-refractivity contribution in [1.82, 2.24) is 14.8 Å². The molecule has 116 valence electrons. The van der Waals surface area contributed by atoms with Crippen LogP contribution >= 0.6 is 35.4 Å². The van der Waals surface area contributed by atoms with Crippen molar-refractivity contribution in [2.45, 2.75) is 18.3 Å². The quantitative estimate of drug-likeness (QED) is 0.624. The number of benzene rings is 2. The number of H-pyrrole nitrogens is 1. The van der Waals surface area contributed by atoms with Crippen molar-refractivity contribution < 1.29 is 0 Å². The Morgan fingerprint density at radius 1 is 0.957 bits per heavy atom. The first-order chi connectivity index (χ1) is 11.1. The molecule has 0 unspecified atom stereocenters. The van der Waals surface area contributed by atoms with Gasteiger partial charge in [-0.3, -0.25) is 9.67 Å². The lowest BCUT2D eigenvalue weighted by molar-refractivity contribution is 0.846. The van der Waals surface area contributed by atoms with E-state index < -0.39 is 0 Å². The summed E-state index contributed by atoms with van der Waals surface area (Å²) in [4.78, 5) is 0. The molecule has 3 nitrogen and oxygen atoms in total. The molecule has 3 aromatic rings. The molecule has 1 aromatic heterocycles. The van der Waals surface area contributed by atoms with E-state index in [1.54, 1.807) is 0 Å². The predicted octanol–water partition coefficient (Wildman–Crippen LogP) is 5.51. The van der Waals surface area contributed by atoms with Gasteiger partial charge in [-0.25, -0.2) is 0 Å². The van der Waals surface area contributed by atoms with Crippen molar-refractivity contribution in [2.75, 3.05) is 0 Å². The molecule has 0 spiro atoms. The lowest BCUT2D eigenvalue weighted by Crippen LogP contribution is -2.01. The summed E-state index contributed by atoms with van der Waals surface area (Å²) >= 11 is 17.3. The SMILES string of the molecule is S=c1[nH]nc([C@@H]2C[C@@H]2c2ccc(Cl)cc2)n1-c1ccc(Cl)cc1. The molecule has 2 atom stereocenters. The molecule has 0 saturated heterocycles. The Kier molecular flexibility index (Phi) is 3.76. The fraction of sp³-hybridized carbons (Fsp3) is 0.176. The molecule has 4 rings (SSSR count). The van der Waals surface area contributed by atoms with Gasteiger partial charge in [-0.15, -0.1) is 0 Å². The Morgan fingerprint density at radius 2 is 1.57 bits per heavy atom. The van der Waals surface area contributed by atoms with Gasteiger partial charge in [0.05, 0.1) is 0 Å². The number of nitrogens with one attached hydrogen (secondary N) is 1. The van der Waals surface area contributed by atoms with Crippen molar-refractivity contribution in [3.05, 3.63) is 74.7 Å². The molecule has 6 heteroatoms. The highest BCUT2D eigenvalue weighted by Gasteiger charge is 2.43. The van der Waals surface area contributed by atoms with Gasteiger partial charge in [-0.2, -0.15) is 5.10 Å². The smallest absolute Gasteiger partial charge is 0.199 e. The first kappa shape index (κ1) is 14.9. The Morgan fingerprint density at radius 3 is 2.22 bits per heavy atom. The van der Waals surface area contributed by atoms with Gasteiger partial charge in [0.1, 0.15) is 5.82 Å². The molecular weight excluding hydrogens is 349 g/mol. The molecule has 1 heterocycles. The number of nitrogens with zero attached hydrogens (tertiary/aromatic N) is 2. The largest absolute Gasteiger partial charge is 0.272 e. The van der Waals surface area contributed by atoms with Gasteiger partial charge in [-0.1, -0.05) is 35.3 Å². The van der Waals surface area contributed by atoms with Crippen LogP contribution in [0, 0.1) is 4.77 Å². The van der Waals surface area contributed by atoms with Gasteiger partial charge in [0.15, 0.2) is 4.77 Å². The molecule has 0 amide bonds. The van der Waals surface area contributed by atoms with Crippen molar-refractivity contribution in [3.8, 4) is 5.69 Å². The zero-order valence-corrected chi connectivity index (χ0v) is 14.4. The summed E-state index contributed by atoms with van der Waals surface area (Å²) < 4.78 is 2.59. The second-order valence-corrected chi connectivity index (χ2v) is 6.96. The van der Waals surface area contributed by atoms with Crippen LogP contribution in [0.1, 0.15) is 29.6 Å². The highest BCUT2D eigenvalue weighted by Crippen LogP contribution is 2.54. The minimum atomic E-state index is 0.361. The molecule has 1 N–H and O–H groups in total. The highest BCUT2D eigenvalue weighted by molar-refractivity contribution is 7.71.